The van der Waals surface area contributed by atoms with Gasteiger partial charge in [0.15, 0.2) is 5.76 Å². The lowest BCUT2D eigenvalue weighted by molar-refractivity contribution is -0.387. The second-order valence-electron chi connectivity index (χ2n) is 6.65. The quantitative estimate of drug-likeness (QED) is 0.218. The van der Waals surface area contributed by atoms with Gasteiger partial charge in [-0.15, -0.1) is 0 Å². The van der Waals surface area contributed by atoms with Crippen LogP contribution in [-0.2, 0) is 4.79 Å². The molecule has 0 saturated heterocycles. The average Bonchev–Trinajstić information content (AvgIpc) is 3.24. The van der Waals surface area contributed by atoms with Gasteiger partial charge in [0.1, 0.15) is 5.69 Å². The molecule has 9 heteroatoms. The highest BCUT2D eigenvalue weighted by atomic mass is 32.2. The monoisotopic (exact) mass is 449 g/mol. The molecule has 1 amide bonds. The van der Waals surface area contributed by atoms with Crippen molar-refractivity contribution in [3.8, 4) is 22.6 Å². The number of amides is 1. The van der Waals surface area contributed by atoms with E-state index >= 15 is 0 Å². The number of nitro benzene ring substituents is 1. The Morgan fingerprint density at radius 1 is 1.03 bits per heavy atom. The smallest absolute Gasteiger partial charge is 0.306 e. The number of nitrogens with one attached hydrogen (secondary N) is 1. The lowest BCUT2D eigenvalue weighted by Crippen LogP contribution is -2.14. The Morgan fingerprint density at radius 3 is 2.34 bits per heavy atom. The Labute approximate surface area is 186 Å². The number of thioether (sulfide) groups is 1. The highest BCUT2D eigenvalue weighted by molar-refractivity contribution is 7.99. The first-order valence-corrected chi connectivity index (χ1v) is 10.5. The molecule has 32 heavy (non-hydrogen) atoms. The van der Waals surface area contributed by atoms with Crippen LogP contribution in [0.3, 0.4) is 0 Å². The standard InChI is InChI=1S/C23H16FN3O4S/c24-18-12-11-17(13-19(18)27(29)30)25-20(28)14-32-23-26-21(15-7-3-1-4-8-15)22(31-23)16-9-5-2-6-10-16/h1-13H,14H2,(H,25,28). The Morgan fingerprint density at radius 2 is 1.69 bits per heavy atom. The van der Waals surface area contributed by atoms with Gasteiger partial charge in [0, 0.05) is 22.9 Å². The zero-order valence-corrected chi connectivity index (χ0v) is 17.3. The number of oxazole rings is 1. The van der Waals surface area contributed by atoms with Crippen LogP contribution >= 0.6 is 11.8 Å². The van der Waals surface area contributed by atoms with Crippen LogP contribution in [0.25, 0.3) is 22.6 Å². The summed E-state index contributed by atoms with van der Waals surface area (Å²) in [4.78, 5) is 26.9. The lowest BCUT2D eigenvalue weighted by Gasteiger charge is -2.04. The van der Waals surface area contributed by atoms with E-state index in [9.17, 15) is 19.3 Å². The second-order valence-corrected chi connectivity index (χ2v) is 7.58. The summed E-state index contributed by atoms with van der Waals surface area (Å²) in [6.07, 6.45) is 0. The molecular weight excluding hydrogens is 433 g/mol. The maximum atomic E-state index is 13.5. The minimum atomic E-state index is -0.968. The molecule has 0 radical (unpaired) electrons. The van der Waals surface area contributed by atoms with Crippen LogP contribution in [0, 0.1) is 15.9 Å². The fourth-order valence-corrected chi connectivity index (χ4v) is 3.62. The van der Waals surface area contributed by atoms with E-state index in [1.165, 1.54) is 6.07 Å². The molecule has 0 bridgehead atoms. The van der Waals surface area contributed by atoms with Crippen molar-refractivity contribution in [1.82, 2.24) is 4.98 Å². The van der Waals surface area contributed by atoms with Gasteiger partial charge in [0.2, 0.25) is 11.7 Å². The molecule has 0 aliphatic rings. The van der Waals surface area contributed by atoms with Crippen molar-refractivity contribution in [1.29, 1.82) is 0 Å². The lowest BCUT2D eigenvalue weighted by atomic mass is 10.1. The maximum absolute atomic E-state index is 13.5. The molecular formula is C23H16FN3O4S. The molecule has 7 nitrogen and oxygen atoms in total. The second kappa shape index (κ2) is 9.44. The van der Waals surface area contributed by atoms with Crippen molar-refractivity contribution in [3.63, 3.8) is 0 Å². The van der Waals surface area contributed by atoms with Crippen LogP contribution in [0.4, 0.5) is 15.8 Å². The molecule has 160 valence electrons. The topological polar surface area (TPSA) is 98.3 Å². The van der Waals surface area contributed by atoms with Gasteiger partial charge in [0.25, 0.3) is 5.22 Å². The third-order valence-electron chi connectivity index (χ3n) is 4.44. The number of rotatable bonds is 7. The summed E-state index contributed by atoms with van der Waals surface area (Å²) in [5.41, 5.74) is 1.82. The number of aromatic nitrogens is 1. The van der Waals surface area contributed by atoms with E-state index in [1.54, 1.807) is 0 Å². The average molecular weight is 449 g/mol. The van der Waals surface area contributed by atoms with E-state index in [-0.39, 0.29) is 11.4 Å². The summed E-state index contributed by atoms with van der Waals surface area (Å²) in [7, 11) is 0. The number of nitro groups is 1. The normalized spacial score (nSPS) is 10.7. The highest BCUT2D eigenvalue weighted by Crippen LogP contribution is 2.35. The van der Waals surface area contributed by atoms with E-state index in [2.05, 4.69) is 10.3 Å². The van der Waals surface area contributed by atoms with Crippen molar-refractivity contribution in [3.05, 3.63) is 94.8 Å². The molecule has 4 aromatic rings. The van der Waals surface area contributed by atoms with E-state index in [0.29, 0.717) is 16.7 Å². The van der Waals surface area contributed by atoms with Crippen LogP contribution in [0.15, 0.2) is 88.5 Å². The van der Waals surface area contributed by atoms with E-state index in [1.807, 2.05) is 60.7 Å². The van der Waals surface area contributed by atoms with Gasteiger partial charge < -0.3 is 9.73 Å². The van der Waals surface area contributed by atoms with Crippen molar-refractivity contribution in [2.75, 3.05) is 11.1 Å². The van der Waals surface area contributed by atoms with Gasteiger partial charge in [-0.3, -0.25) is 14.9 Å². The van der Waals surface area contributed by atoms with Gasteiger partial charge in [-0.2, -0.15) is 4.39 Å². The number of nitrogens with zero attached hydrogens (tertiary/aromatic N) is 2. The van der Waals surface area contributed by atoms with E-state index in [0.717, 1.165) is 35.0 Å². The van der Waals surface area contributed by atoms with Crippen LogP contribution in [0.2, 0.25) is 0 Å². The highest BCUT2D eigenvalue weighted by Gasteiger charge is 2.19. The molecule has 0 spiro atoms. The Balaban J connectivity index is 1.51. The summed E-state index contributed by atoms with van der Waals surface area (Å²) in [5, 5.41) is 13.7. The fourth-order valence-electron chi connectivity index (χ4n) is 2.99. The maximum Gasteiger partial charge on any atom is 0.306 e. The molecule has 1 heterocycles. The molecule has 4 rings (SSSR count). The number of benzene rings is 3. The van der Waals surface area contributed by atoms with Crippen LogP contribution in [0.5, 0.6) is 0 Å². The molecule has 0 aliphatic heterocycles. The number of hydrogen-bond acceptors (Lipinski definition) is 6. The van der Waals surface area contributed by atoms with Crippen molar-refractivity contribution in [2.24, 2.45) is 0 Å². The number of carbonyl (C=O) groups is 1. The predicted molar refractivity (Wildman–Crippen MR) is 120 cm³/mol. The van der Waals surface area contributed by atoms with Crippen molar-refractivity contribution >= 4 is 29.0 Å². The summed E-state index contributed by atoms with van der Waals surface area (Å²) < 4.78 is 19.4. The molecule has 0 aliphatic carbocycles. The Hall–Kier alpha value is -3.98. The zero-order chi connectivity index (χ0) is 22.5. The van der Waals surface area contributed by atoms with Gasteiger partial charge >= 0.3 is 5.69 Å². The van der Waals surface area contributed by atoms with Crippen LogP contribution < -0.4 is 5.32 Å². The van der Waals surface area contributed by atoms with Crippen molar-refractivity contribution < 1.29 is 18.5 Å². The third-order valence-corrected chi connectivity index (χ3v) is 5.27. The first kappa shape index (κ1) is 21.3. The van der Waals surface area contributed by atoms with Crippen LogP contribution in [-0.4, -0.2) is 21.6 Å². The molecule has 0 atom stereocenters. The Kier molecular flexibility index (Phi) is 6.27. The minimum absolute atomic E-state index is 0.0475. The molecule has 1 N–H and O–H groups in total. The van der Waals surface area contributed by atoms with Gasteiger partial charge in [-0.1, -0.05) is 72.4 Å². The molecule has 0 saturated carbocycles. The number of halogens is 1. The Bertz CT molecular complexity index is 1210. The van der Waals surface area contributed by atoms with E-state index in [4.69, 9.17) is 4.42 Å². The first-order valence-electron chi connectivity index (χ1n) is 9.49. The van der Waals surface area contributed by atoms with E-state index < -0.39 is 22.3 Å². The fraction of sp³-hybridized carbons (Fsp3) is 0.0435. The summed E-state index contributed by atoms with van der Waals surface area (Å²) in [6, 6.07) is 22.3. The number of hydrogen-bond donors (Lipinski definition) is 1. The first-order chi connectivity index (χ1) is 15.5. The van der Waals surface area contributed by atoms with Gasteiger partial charge in [-0.25, -0.2) is 4.98 Å². The van der Waals surface area contributed by atoms with Crippen LogP contribution in [0.1, 0.15) is 0 Å². The SMILES string of the molecule is O=C(CSc1nc(-c2ccccc2)c(-c2ccccc2)o1)Nc1ccc(F)c([N+](=O)[O-])c1. The van der Waals surface area contributed by atoms with Gasteiger partial charge in [-0.05, 0) is 12.1 Å². The summed E-state index contributed by atoms with van der Waals surface area (Å²) in [5.74, 6) is -0.858. The molecule has 0 unspecified atom stereocenters. The number of carbonyl (C=O) groups excluding carboxylic acids is 1. The molecule has 3 aromatic carbocycles. The minimum Gasteiger partial charge on any atom is -0.431 e. The third kappa shape index (κ3) is 4.84. The number of anilines is 1. The largest absolute Gasteiger partial charge is 0.431 e. The molecule has 0 fully saturated rings. The zero-order valence-electron chi connectivity index (χ0n) is 16.5. The predicted octanol–water partition coefficient (Wildman–Crippen LogP) is 5.79. The summed E-state index contributed by atoms with van der Waals surface area (Å²) >= 11 is 1.09. The van der Waals surface area contributed by atoms with Crippen molar-refractivity contribution in [2.45, 2.75) is 5.22 Å². The molecule has 1 aromatic heterocycles. The summed E-state index contributed by atoms with van der Waals surface area (Å²) in [6.45, 7) is 0. The van der Waals surface area contributed by atoms with Gasteiger partial charge in [0.05, 0.1) is 10.7 Å².